The van der Waals surface area contributed by atoms with E-state index in [1.54, 1.807) is 26.0 Å². The molecule has 1 aromatic rings. The second-order valence-electron chi connectivity index (χ2n) is 3.15. The fraction of sp³-hybridized carbons (Fsp3) is 0.500. The molecule has 1 amide bonds. The van der Waals surface area contributed by atoms with Gasteiger partial charge in [0.2, 0.25) is 23.1 Å². The quantitative estimate of drug-likeness (QED) is 0.760. The Hall–Kier alpha value is -1.63. The number of likely N-dealkylation sites (N-methyl/N-ethyl adjacent to an activating group) is 1. The number of aromatic nitrogens is 3. The molecule has 1 aromatic heterocycles. The Kier molecular flexibility index (Phi) is 4.24. The van der Waals surface area contributed by atoms with E-state index in [0.29, 0.717) is 5.95 Å². The number of hydrogen-bond donors (Lipinski definition) is 2. The maximum absolute atomic E-state index is 11.0. The van der Waals surface area contributed by atoms with Gasteiger partial charge in [-0.1, -0.05) is 0 Å². The number of hydrogen-bond acceptors (Lipinski definition) is 6. The van der Waals surface area contributed by atoms with E-state index in [1.807, 2.05) is 0 Å². The first-order chi connectivity index (χ1) is 7.52. The summed E-state index contributed by atoms with van der Waals surface area (Å²) in [5.74, 6) is 0.537. The molecule has 0 atom stereocenters. The molecule has 0 bridgehead atoms. The molecule has 1 rings (SSSR count). The average molecular weight is 245 g/mol. The lowest BCUT2D eigenvalue weighted by Crippen LogP contribution is -2.27. The summed E-state index contributed by atoms with van der Waals surface area (Å²) in [5, 5.41) is 5.30. The van der Waals surface area contributed by atoms with E-state index in [9.17, 15) is 4.79 Å². The van der Waals surface area contributed by atoms with Crippen LogP contribution >= 0.6 is 11.6 Å². The third kappa shape index (κ3) is 3.50. The summed E-state index contributed by atoms with van der Waals surface area (Å²) in [6.07, 6.45) is 0. The third-order valence-corrected chi connectivity index (χ3v) is 1.85. The topological polar surface area (TPSA) is 83.0 Å². The van der Waals surface area contributed by atoms with Gasteiger partial charge in [-0.25, -0.2) is 0 Å². The number of nitrogens with one attached hydrogen (secondary N) is 2. The first-order valence-electron chi connectivity index (χ1n) is 4.56. The van der Waals surface area contributed by atoms with E-state index in [0.717, 1.165) is 0 Å². The van der Waals surface area contributed by atoms with E-state index in [1.165, 1.54) is 0 Å². The molecule has 0 aliphatic carbocycles. The summed E-state index contributed by atoms with van der Waals surface area (Å²) in [5.41, 5.74) is 0. The van der Waals surface area contributed by atoms with Crippen molar-refractivity contribution in [2.75, 3.05) is 37.9 Å². The number of amides is 1. The molecule has 2 N–H and O–H groups in total. The van der Waals surface area contributed by atoms with Gasteiger partial charge in [-0.05, 0) is 11.6 Å². The van der Waals surface area contributed by atoms with Crippen molar-refractivity contribution in [1.29, 1.82) is 0 Å². The van der Waals surface area contributed by atoms with Crippen molar-refractivity contribution in [2.45, 2.75) is 0 Å². The van der Waals surface area contributed by atoms with Gasteiger partial charge in [0, 0.05) is 21.1 Å². The number of carbonyl (C=O) groups is 1. The Bertz CT molecular complexity index is 383. The molecule has 88 valence electrons. The number of halogens is 1. The number of carbonyl (C=O) groups excluding carboxylic acids is 1. The molecule has 0 fully saturated rings. The number of nitrogens with zero attached hydrogens (tertiary/aromatic N) is 4. The maximum atomic E-state index is 11.0. The molecule has 16 heavy (non-hydrogen) atoms. The van der Waals surface area contributed by atoms with Crippen LogP contribution in [0, 0.1) is 0 Å². The zero-order valence-electron chi connectivity index (χ0n) is 9.28. The van der Waals surface area contributed by atoms with Gasteiger partial charge in [0.05, 0.1) is 6.54 Å². The summed E-state index contributed by atoms with van der Waals surface area (Å²) in [4.78, 5) is 24.5. The van der Waals surface area contributed by atoms with Gasteiger partial charge in [0.25, 0.3) is 0 Å². The van der Waals surface area contributed by atoms with Crippen molar-refractivity contribution < 1.29 is 4.79 Å². The molecule has 0 aliphatic rings. The van der Waals surface area contributed by atoms with Crippen LogP contribution in [-0.4, -0.2) is 48.5 Å². The summed E-state index contributed by atoms with van der Waals surface area (Å²) in [6.45, 7) is 0.0870. The van der Waals surface area contributed by atoms with Crippen molar-refractivity contribution >= 4 is 29.4 Å². The Morgan fingerprint density at radius 3 is 2.62 bits per heavy atom. The predicted molar refractivity (Wildman–Crippen MR) is 61.7 cm³/mol. The van der Waals surface area contributed by atoms with Crippen LogP contribution < -0.4 is 15.5 Å². The third-order valence-electron chi connectivity index (χ3n) is 1.68. The number of rotatable bonds is 4. The van der Waals surface area contributed by atoms with E-state index in [-0.39, 0.29) is 23.7 Å². The Balaban J connectivity index is 2.76. The lowest BCUT2D eigenvalue weighted by molar-refractivity contribution is -0.118. The Labute approximate surface area is 98.2 Å². The first-order valence-corrected chi connectivity index (χ1v) is 4.94. The minimum Gasteiger partial charge on any atom is -0.358 e. The number of anilines is 2. The monoisotopic (exact) mass is 244 g/mol. The largest absolute Gasteiger partial charge is 0.358 e. The van der Waals surface area contributed by atoms with Gasteiger partial charge in [-0.15, -0.1) is 0 Å². The summed E-state index contributed by atoms with van der Waals surface area (Å²) >= 11 is 5.71. The molecule has 0 saturated carbocycles. The zero-order valence-corrected chi connectivity index (χ0v) is 10.0. The predicted octanol–water partition coefficient (Wildman–Crippen LogP) is -0.251. The molecule has 0 spiro atoms. The van der Waals surface area contributed by atoms with Crippen LogP contribution in [-0.2, 0) is 4.79 Å². The van der Waals surface area contributed by atoms with E-state index in [4.69, 9.17) is 11.6 Å². The summed E-state index contributed by atoms with van der Waals surface area (Å²) < 4.78 is 0. The van der Waals surface area contributed by atoms with Crippen LogP contribution in [0.25, 0.3) is 0 Å². The molecular weight excluding hydrogens is 232 g/mol. The van der Waals surface area contributed by atoms with Gasteiger partial charge < -0.3 is 15.5 Å². The van der Waals surface area contributed by atoms with Crippen LogP contribution in [0.15, 0.2) is 0 Å². The summed E-state index contributed by atoms with van der Waals surface area (Å²) in [7, 11) is 5.12. The second kappa shape index (κ2) is 5.45. The maximum Gasteiger partial charge on any atom is 0.239 e. The zero-order chi connectivity index (χ0) is 12.1. The Morgan fingerprint density at radius 2 is 2.06 bits per heavy atom. The molecule has 0 radical (unpaired) electrons. The highest BCUT2D eigenvalue weighted by Crippen LogP contribution is 2.10. The minimum atomic E-state index is -0.164. The lowest BCUT2D eigenvalue weighted by atomic mass is 10.6. The fourth-order valence-electron chi connectivity index (χ4n) is 0.866. The van der Waals surface area contributed by atoms with Crippen molar-refractivity contribution in [3.8, 4) is 0 Å². The van der Waals surface area contributed by atoms with Crippen LogP contribution in [0.5, 0.6) is 0 Å². The van der Waals surface area contributed by atoms with Crippen LogP contribution in [0.4, 0.5) is 11.9 Å². The minimum absolute atomic E-state index is 0.0816. The second-order valence-corrected chi connectivity index (χ2v) is 3.49. The van der Waals surface area contributed by atoms with Gasteiger partial charge in [-0.2, -0.15) is 15.0 Å². The van der Waals surface area contributed by atoms with Gasteiger partial charge in [0.15, 0.2) is 0 Å². The SMILES string of the molecule is CNC(=O)CNc1nc(Cl)nc(N(C)C)n1. The van der Waals surface area contributed by atoms with Crippen molar-refractivity contribution in [3.05, 3.63) is 5.28 Å². The molecular formula is C8H13ClN6O. The van der Waals surface area contributed by atoms with Gasteiger partial charge >= 0.3 is 0 Å². The highest BCUT2D eigenvalue weighted by molar-refractivity contribution is 6.28. The van der Waals surface area contributed by atoms with Crippen LogP contribution in [0.3, 0.4) is 0 Å². The molecule has 0 aromatic carbocycles. The molecule has 0 unspecified atom stereocenters. The Morgan fingerprint density at radius 1 is 1.38 bits per heavy atom. The van der Waals surface area contributed by atoms with Crippen molar-refractivity contribution in [2.24, 2.45) is 0 Å². The van der Waals surface area contributed by atoms with E-state index >= 15 is 0 Å². The molecule has 0 saturated heterocycles. The molecule has 1 heterocycles. The van der Waals surface area contributed by atoms with Crippen LogP contribution in [0.2, 0.25) is 5.28 Å². The van der Waals surface area contributed by atoms with Gasteiger partial charge in [0.1, 0.15) is 0 Å². The highest BCUT2D eigenvalue weighted by atomic mass is 35.5. The smallest absolute Gasteiger partial charge is 0.239 e. The van der Waals surface area contributed by atoms with E-state index < -0.39 is 0 Å². The van der Waals surface area contributed by atoms with E-state index in [2.05, 4.69) is 25.6 Å². The summed E-state index contributed by atoms with van der Waals surface area (Å²) in [6, 6.07) is 0. The first kappa shape index (κ1) is 12.4. The normalized spacial score (nSPS) is 9.75. The molecule has 0 aliphatic heterocycles. The van der Waals surface area contributed by atoms with Crippen LogP contribution in [0.1, 0.15) is 0 Å². The molecule has 7 nitrogen and oxygen atoms in total. The van der Waals surface area contributed by atoms with Crippen molar-refractivity contribution in [1.82, 2.24) is 20.3 Å². The molecule has 8 heteroatoms. The standard InChI is InChI=1S/C8H13ClN6O/c1-10-5(16)4-11-7-12-6(9)13-8(14-7)15(2)3/h4H2,1-3H3,(H,10,16)(H,11,12,13,14). The van der Waals surface area contributed by atoms with Crippen molar-refractivity contribution in [3.63, 3.8) is 0 Å². The fourth-order valence-corrected chi connectivity index (χ4v) is 1.02. The van der Waals surface area contributed by atoms with Gasteiger partial charge in [-0.3, -0.25) is 4.79 Å². The lowest BCUT2D eigenvalue weighted by Gasteiger charge is -2.11. The highest BCUT2D eigenvalue weighted by Gasteiger charge is 2.07. The average Bonchev–Trinajstić information content (AvgIpc) is 2.25.